The molecule has 0 spiro atoms. The van der Waals surface area contributed by atoms with E-state index in [1.165, 1.54) is 6.07 Å². The second-order valence-electron chi connectivity index (χ2n) is 5.18. The Bertz CT molecular complexity index is 667. The van der Waals surface area contributed by atoms with Crippen molar-refractivity contribution in [3.8, 4) is 11.5 Å². The smallest absolute Gasteiger partial charge is 0.191 e. The molecule has 0 bridgehead atoms. The molecule has 1 aromatic heterocycles. The number of aliphatic imine (C=N–C) groups is 1. The summed E-state index contributed by atoms with van der Waals surface area (Å²) in [5.41, 5.74) is 0.778. The summed E-state index contributed by atoms with van der Waals surface area (Å²) in [6.07, 6.45) is 4.19. The normalized spacial score (nSPS) is 10.8. The third-order valence-electron chi connectivity index (χ3n) is 3.16. The van der Waals surface area contributed by atoms with Gasteiger partial charge >= 0.3 is 0 Å². The van der Waals surface area contributed by atoms with Crippen molar-refractivity contribution in [2.75, 3.05) is 13.1 Å². The monoisotopic (exact) mass is 458 g/mol. The van der Waals surface area contributed by atoms with Gasteiger partial charge in [0.2, 0.25) is 0 Å². The van der Waals surface area contributed by atoms with E-state index in [1.54, 1.807) is 30.6 Å². The molecular formula is C18H24FIN4O. The zero-order valence-corrected chi connectivity index (χ0v) is 16.8. The Kier molecular flexibility index (Phi) is 9.83. The van der Waals surface area contributed by atoms with Crippen LogP contribution in [0.3, 0.4) is 0 Å². The van der Waals surface area contributed by atoms with Gasteiger partial charge in [0.15, 0.2) is 17.5 Å². The molecule has 1 aromatic carbocycles. The van der Waals surface area contributed by atoms with Gasteiger partial charge in [-0.1, -0.05) is 13.0 Å². The van der Waals surface area contributed by atoms with Crippen molar-refractivity contribution in [2.24, 2.45) is 4.99 Å². The summed E-state index contributed by atoms with van der Waals surface area (Å²) in [5, 5.41) is 6.37. The summed E-state index contributed by atoms with van der Waals surface area (Å²) < 4.78 is 19.7. The second kappa shape index (κ2) is 11.6. The predicted molar refractivity (Wildman–Crippen MR) is 109 cm³/mol. The highest BCUT2D eigenvalue weighted by Gasteiger charge is 2.06. The number of rotatable bonds is 7. The number of benzene rings is 1. The van der Waals surface area contributed by atoms with E-state index in [4.69, 9.17) is 4.74 Å². The van der Waals surface area contributed by atoms with Crippen LogP contribution in [0.15, 0.2) is 47.7 Å². The lowest BCUT2D eigenvalue weighted by Gasteiger charge is -2.11. The quantitative estimate of drug-likeness (QED) is 0.373. The van der Waals surface area contributed by atoms with E-state index in [0.29, 0.717) is 12.3 Å². The fraction of sp³-hybridized carbons (Fsp3) is 0.333. The van der Waals surface area contributed by atoms with Crippen LogP contribution in [0.4, 0.5) is 4.39 Å². The largest absolute Gasteiger partial charge is 0.453 e. The molecule has 7 heteroatoms. The highest BCUT2D eigenvalue weighted by atomic mass is 127. The number of guanidine groups is 1. The van der Waals surface area contributed by atoms with E-state index in [2.05, 4.69) is 27.5 Å². The topological polar surface area (TPSA) is 58.5 Å². The Morgan fingerprint density at radius 2 is 2.08 bits per heavy atom. The first kappa shape index (κ1) is 21.1. The van der Waals surface area contributed by atoms with E-state index >= 15 is 0 Å². The second-order valence-corrected chi connectivity index (χ2v) is 5.18. The van der Waals surface area contributed by atoms with Crippen LogP contribution in [0.2, 0.25) is 0 Å². The lowest BCUT2D eigenvalue weighted by molar-refractivity contribution is 0.440. The fourth-order valence-electron chi connectivity index (χ4n) is 2.02. The van der Waals surface area contributed by atoms with E-state index in [0.717, 1.165) is 31.0 Å². The van der Waals surface area contributed by atoms with Crippen molar-refractivity contribution in [1.29, 1.82) is 0 Å². The Morgan fingerprint density at radius 3 is 2.72 bits per heavy atom. The molecule has 0 fully saturated rings. The van der Waals surface area contributed by atoms with Gasteiger partial charge in [-0.25, -0.2) is 9.38 Å². The number of hydrogen-bond acceptors (Lipinski definition) is 3. The van der Waals surface area contributed by atoms with Gasteiger partial charge in [-0.3, -0.25) is 4.98 Å². The lowest BCUT2D eigenvalue weighted by atomic mass is 10.2. The molecule has 0 radical (unpaired) electrons. The number of pyridine rings is 1. The van der Waals surface area contributed by atoms with E-state index < -0.39 is 5.82 Å². The van der Waals surface area contributed by atoms with Crippen molar-refractivity contribution in [1.82, 2.24) is 15.6 Å². The summed E-state index contributed by atoms with van der Waals surface area (Å²) >= 11 is 0. The molecule has 25 heavy (non-hydrogen) atoms. The molecule has 0 unspecified atom stereocenters. The predicted octanol–water partition coefficient (Wildman–Crippen LogP) is 4.10. The molecule has 2 aromatic rings. The summed E-state index contributed by atoms with van der Waals surface area (Å²) in [6.45, 7) is 6.11. The number of hydrogen-bond donors (Lipinski definition) is 2. The molecule has 0 atom stereocenters. The standard InChI is InChI=1S/C18H23FN4O.HI/c1-3-9-22-18(21-4-2)23-12-14-7-8-17(16(19)11-14)24-15-6-5-10-20-13-15;/h5-8,10-11,13H,3-4,9,12H2,1-2H3,(H2,21,22,23);1H. The molecule has 1 heterocycles. The Balaban J connectivity index is 0.00000312. The summed E-state index contributed by atoms with van der Waals surface area (Å²) in [6, 6.07) is 8.33. The van der Waals surface area contributed by atoms with Crippen LogP contribution < -0.4 is 15.4 Å². The molecule has 0 saturated heterocycles. The van der Waals surface area contributed by atoms with Crippen LogP contribution in [-0.4, -0.2) is 24.0 Å². The van der Waals surface area contributed by atoms with Gasteiger partial charge < -0.3 is 15.4 Å². The number of aromatic nitrogens is 1. The molecule has 0 amide bonds. The van der Waals surface area contributed by atoms with Crippen LogP contribution in [0, 0.1) is 5.82 Å². The van der Waals surface area contributed by atoms with Gasteiger partial charge in [0.25, 0.3) is 0 Å². The van der Waals surface area contributed by atoms with Crippen molar-refractivity contribution < 1.29 is 9.13 Å². The average molecular weight is 458 g/mol. The third kappa shape index (κ3) is 7.25. The zero-order chi connectivity index (χ0) is 17.2. The molecule has 0 saturated carbocycles. The van der Waals surface area contributed by atoms with Crippen LogP contribution >= 0.6 is 24.0 Å². The van der Waals surface area contributed by atoms with Crippen LogP contribution in [0.1, 0.15) is 25.8 Å². The van der Waals surface area contributed by atoms with Crippen molar-refractivity contribution in [3.05, 3.63) is 54.1 Å². The average Bonchev–Trinajstić information content (AvgIpc) is 2.60. The maximum Gasteiger partial charge on any atom is 0.191 e. The van der Waals surface area contributed by atoms with Gasteiger partial charge in [0, 0.05) is 19.3 Å². The van der Waals surface area contributed by atoms with Gasteiger partial charge in [-0.2, -0.15) is 0 Å². The van der Waals surface area contributed by atoms with E-state index in [1.807, 2.05) is 13.0 Å². The fourth-order valence-corrected chi connectivity index (χ4v) is 2.02. The van der Waals surface area contributed by atoms with E-state index in [9.17, 15) is 4.39 Å². The minimum absolute atomic E-state index is 0. The Hall–Kier alpha value is -1.90. The first-order valence-electron chi connectivity index (χ1n) is 8.11. The molecule has 0 aliphatic carbocycles. The maximum atomic E-state index is 14.2. The summed E-state index contributed by atoms with van der Waals surface area (Å²) in [4.78, 5) is 8.39. The van der Waals surface area contributed by atoms with E-state index in [-0.39, 0.29) is 29.7 Å². The lowest BCUT2D eigenvalue weighted by Crippen LogP contribution is -2.37. The number of nitrogens with one attached hydrogen (secondary N) is 2. The van der Waals surface area contributed by atoms with Crippen molar-refractivity contribution in [2.45, 2.75) is 26.8 Å². The summed E-state index contributed by atoms with van der Waals surface area (Å²) in [5.74, 6) is 0.987. The number of halogens is 2. The SMILES string of the molecule is CCCNC(=NCc1ccc(Oc2cccnc2)c(F)c1)NCC.I. The molecule has 0 aliphatic rings. The van der Waals surface area contributed by atoms with Gasteiger partial charge in [0.1, 0.15) is 5.75 Å². The Labute approximate surface area is 165 Å². The van der Waals surface area contributed by atoms with Gasteiger partial charge in [-0.15, -0.1) is 24.0 Å². The first-order valence-corrected chi connectivity index (χ1v) is 8.11. The van der Waals surface area contributed by atoms with Crippen molar-refractivity contribution in [3.63, 3.8) is 0 Å². The first-order chi connectivity index (χ1) is 11.7. The minimum Gasteiger partial charge on any atom is -0.453 e. The minimum atomic E-state index is -0.418. The molecule has 2 N–H and O–H groups in total. The highest BCUT2D eigenvalue weighted by Crippen LogP contribution is 2.24. The molecule has 0 aliphatic heterocycles. The molecular weight excluding hydrogens is 434 g/mol. The molecule has 136 valence electrons. The van der Waals surface area contributed by atoms with Crippen LogP contribution in [-0.2, 0) is 6.54 Å². The molecule has 5 nitrogen and oxygen atoms in total. The number of ether oxygens (including phenoxy) is 1. The third-order valence-corrected chi connectivity index (χ3v) is 3.16. The summed E-state index contributed by atoms with van der Waals surface area (Å²) in [7, 11) is 0. The highest BCUT2D eigenvalue weighted by molar-refractivity contribution is 14.0. The number of nitrogens with zero attached hydrogens (tertiary/aromatic N) is 2. The zero-order valence-electron chi connectivity index (χ0n) is 14.5. The maximum absolute atomic E-state index is 14.2. The van der Waals surface area contributed by atoms with Gasteiger partial charge in [0.05, 0.1) is 12.7 Å². The van der Waals surface area contributed by atoms with Crippen molar-refractivity contribution >= 4 is 29.9 Å². The van der Waals surface area contributed by atoms with Crippen LogP contribution in [0.25, 0.3) is 0 Å². The van der Waals surface area contributed by atoms with Gasteiger partial charge in [-0.05, 0) is 43.2 Å². The van der Waals surface area contributed by atoms with Crippen LogP contribution in [0.5, 0.6) is 11.5 Å². The molecule has 2 rings (SSSR count). The Morgan fingerprint density at radius 1 is 1.24 bits per heavy atom.